The Bertz CT molecular complexity index is 792. The van der Waals surface area contributed by atoms with E-state index in [-0.39, 0.29) is 17.3 Å². The van der Waals surface area contributed by atoms with Crippen molar-refractivity contribution in [3.05, 3.63) is 53.3 Å². The molecule has 3 rings (SSSR count). The molecule has 1 aliphatic rings. The van der Waals surface area contributed by atoms with Crippen LogP contribution in [0.1, 0.15) is 22.8 Å². The summed E-state index contributed by atoms with van der Waals surface area (Å²) in [6.45, 7) is 2.44. The van der Waals surface area contributed by atoms with E-state index in [0.29, 0.717) is 35.0 Å². The van der Waals surface area contributed by atoms with Crippen LogP contribution >= 0.6 is 0 Å². The summed E-state index contributed by atoms with van der Waals surface area (Å²) in [5.74, 6) is 1.56. The third kappa shape index (κ3) is 2.85. The van der Waals surface area contributed by atoms with Crippen LogP contribution in [0, 0.1) is 0 Å². The lowest BCUT2D eigenvalue weighted by Gasteiger charge is -2.05. The number of carbonyl (C=O) groups is 1. The van der Waals surface area contributed by atoms with Crippen molar-refractivity contribution < 1.29 is 24.1 Å². The second kappa shape index (κ2) is 6.04. The smallest absolute Gasteiger partial charge is 0.231 e. The maximum absolute atomic E-state index is 12.4. The molecule has 0 aliphatic carbocycles. The molecule has 0 unspecified atom stereocenters. The van der Waals surface area contributed by atoms with Crippen molar-refractivity contribution in [2.45, 2.75) is 6.92 Å². The number of fused-ring (bicyclic) bond motifs is 1. The van der Waals surface area contributed by atoms with E-state index < -0.39 is 0 Å². The second-order valence-electron chi connectivity index (χ2n) is 4.96. The van der Waals surface area contributed by atoms with Crippen LogP contribution in [0.3, 0.4) is 0 Å². The lowest BCUT2D eigenvalue weighted by molar-refractivity contribution is 0.101. The molecule has 1 aliphatic heterocycles. The highest BCUT2D eigenvalue weighted by molar-refractivity contribution is 6.14. The Morgan fingerprint density at radius 2 is 2.04 bits per heavy atom. The van der Waals surface area contributed by atoms with Crippen molar-refractivity contribution in [3.63, 3.8) is 0 Å². The highest BCUT2D eigenvalue weighted by Crippen LogP contribution is 2.35. The van der Waals surface area contributed by atoms with Crippen LogP contribution < -0.4 is 14.2 Å². The maximum atomic E-state index is 12.4. The molecule has 5 heteroatoms. The number of rotatable bonds is 4. The number of phenols is 1. The molecule has 1 N–H and O–H groups in total. The van der Waals surface area contributed by atoms with Gasteiger partial charge in [-0.1, -0.05) is 6.07 Å². The van der Waals surface area contributed by atoms with Gasteiger partial charge in [0.15, 0.2) is 17.3 Å². The van der Waals surface area contributed by atoms with E-state index in [0.717, 1.165) is 0 Å². The second-order valence-corrected chi connectivity index (χ2v) is 4.96. The van der Waals surface area contributed by atoms with Crippen molar-refractivity contribution in [2.24, 2.45) is 0 Å². The molecule has 0 aromatic heterocycles. The molecule has 1 heterocycles. The van der Waals surface area contributed by atoms with Crippen molar-refractivity contribution in [3.8, 4) is 23.0 Å². The van der Waals surface area contributed by atoms with Crippen LogP contribution in [0.2, 0.25) is 0 Å². The summed E-state index contributed by atoms with van der Waals surface area (Å²) in [4.78, 5) is 12.4. The Labute approximate surface area is 133 Å². The highest BCUT2D eigenvalue weighted by Gasteiger charge is 2.27. The average molecular weight is 312 g/mol. The van der Waals surface area contributed by atoms with Gasteiger partial charge in [0, 0.05) is 6.07 Å². The number of benzene rings is 2. The Kier molecular flexibility index (Phi) is 3.93. The van der Waals surface area contributed by atoms with Crippen LogP contribution in [0.15, 0.2) is 42.2 Å². The van der Waals surface area contributed by atoms with Crippen LogP contribution in [0.4, 0.5) is 0 Å². The standard InChI is InChI=1S/C18H16O5/c1-3-22-12-5-6-13-15(10-12)23-17(18(13)20)9-11-4-7-14(19)16(8-11)21-2/h4-10,19H,3H2,1-2H3. The van der Waals surface area contributed by atoms with E-state index in [1.54, 1.807) is 36.4 Å². The molecular formula is C18H16O5. The zero-order valence-corrected chi connectivity index (χ0v) is 12.8. The first kappa shape index (κ1) is 15.0. The number of ketones is 1. The van der Waals surface area contributed by atoms with Gasteiger partial charge >= 0.3 is 0 Å². The molecule has 23 heavy (non-hydrogen) atoms. The largest absolute Gasteiger partial charge is 0.504 e. The fourth-order valence-corrected chi connectivity index (χ4v) is 2.36. The molecule has 2 aromatic carbocycles. The number of ether oxygens (including phenoxy) is 3. The van der Waals surface area contributed by atoms with Crippen molar-refractivity contribution in [1.29, 1.82) is 0 Å². The number of methoxy groups -OCH3 is 1. The number of aromatic hydroxyl groups is 1. The summed E-state index contributed by atoms with van der Waals surface area (Å²) in [5, 5.41) is 9.61. The van der Waals surface area contributed by atoms with Gasteiger partial charge in [0.1, 0.15) is 11.5 Å². The molecule has 2 aromatic rings. The molecule has 118 valence electrons. The summed E-state index contributed by atoms with van der Waals surface area (Å²) in [7, 11) is 1.47. The minimum absolute atomic E-state index is 0.0398. The third-order valence-electron chi connectivity index (χ3n) is 3.45. The predicted molar refractivity (Wildman–Crippen MR) is 85.2 cm³/mol. The minimum atomic E-state index is -0.185. The lowest BCUT2D eigenvalue weighted by Crippen LogP contribution is -1.98. The van der Waals surface area contributed by atoms with Crippen LogP contribution in [-0.4, -0.2) is 24.6 Å². The maximum Gasteiger partial charge on any atom is 0.231 e. The average Bonchev–Trinajstić information content (AvgIpc) is 2.85. The first-order chi connectivity index (χ1) is 11.1. The normalized spacial score (nSPS) is 14.5. The zero-order chi connectivity index (χ0) is 16.4. The lowest BCUT2D eigenvalue weighted by atomic mass is 10.1. The Hall–Kier alpha value is -2.95. The third-order valence-corrected chi connectivity index (χ3v) is 3.45. The zero-order valence-electron chi connectivity index (χ0n) is 12.8. The minimum Gasteiger partial charge on any atom is -0.504 e. The first-order valence-electron chi connectivity index (χ1n) is 7.20. The number of allylic oxidation sites excluding steroid dienone is 1. The molecule has 0 amide bonds. The fraction of sp³-hybridized carbons (Fsp3) is 0.167. The van der Waals surface area contributed by atoms with Crippen LogP contribution in [-0.2, 0) is 0 Å². The summed E-state index contributed by atoms with van der Waals surface area (Å²) < 4.78 is 16.1. The summed E-state index contributed by atoms with van der Waals surface area (Å²) >= 11 is 0. The number of carbonyl (C=O) groups excluding carboxylic acids is 1. The van der Waals surface area contributed by atoms with Gasteiger partial charge in [-0.2, -0.15) is 0 Å². The van der Waals surface area contributed by atoms with Crippen LogP contribution in [0.25, 0.3) is 6.08 Å². The molecule has 5 nitrogen and oxygen atoms in total. The van der Waals surface area contributed by atoms with E-state index in [4.69, 9.17) is 14.2 Å². The van der Waals surface area contributed by atoms with Crippen molar-refractivity contribution in [2.75, 3.05) is 13.7 Å². The molecule has 0 atom stereocenters. The number of hydrogen-bond donors (Lipinski definition) is 1. The van der Waals surface area contributed by atoms with Crippen LogP contribution in [0.5, 0.6) is 23.0 Å². The van der Waals surface area contributed by atoms with Gasteiger partial charge in [-0.25, -0.2) is 0 Å². The van der Waals surface area contributed by atoms with E-state index in [1.807, 2.05) is 6.92 Å². The van der Waals surface area contributed by atoms with E-state index in [9.17, 15) is 9.90 Å². The summed E-state index contributed by atoms with van der Waals surface area (Å²) in [6, 6.07) is 9.96. The van der Waals surface area contributed by atoms with E-state index >= 15 is 0 Å². The number of hydrogen-bond acceptors (Lipinski definition) is 5. The Morgan fingerprint density at radius 3 is 2.78 bits per heavy atom. The van der Waals surface area contributed by atoms with Gasteiger partial charge in [-0.3, -0.25) is 4.79 Å². The quantitative estimate of drug-likeness (QED) is 0.876. The fourth-order valence-electron chi connectivity index (χ4n) is 2.36. The van der Waals surface area contributed by atoms with Gasteiger partial charge in [0.25, 0.3) is 0 Å². The molecule has 0 fully saturated rings. The van der Waals surface area contributed by atoms with Gasteiger partial charge in [0.2, 0.25) is 5.78 Å². The SMILES string of the molecule is CCOc1ccc2c(c1)OC(=Cc1ccc(O)c(OC)c1)C2=O. The summed E-state index contributed by atoms with van der Waals surface area (Å²) in [6.07, 6.45) is 1.62. The number of Topliss-reactive ketones (excluding diaryl/α,β-unsaturated/α-hetero) is 1. The summed E-state index contributed by atoms with van der Waals surface area (Å²) in [5.41, 5.74) is 1.20. The molecule has 0 saturated heterocycles. The topological polar surface area (TPSA) is 65.0 Å². The van der Waals surface area contributed by atoms with Crippen molar-refractivity contribution >= 4 is 11.9 Å². The monoisotopic (exact) mass is 312 g/mol. The van der Waals surface area contributed by atoms with Gasteiger partial charge in [-0.05, 0) is 42.8 Å². The van der Waals surface area contributed by atoms with E-state index in [1.165, 1.54) is 13.2 Å². The predicted octanol–water partition coefficient (Wildman–Crippen LogP) is 3.42. The molecule has 0 saturated carbocycles. The Balaban J connectivity index is 1.92. The molecule has 0 spiro atoms. The number of phenolic OH excluding ortho intramolecular Hbond substituents is 1. The van der Waals surface area contributed by atoms with E-state index in [2.05, 4.69) is 0 Å². The highest BCUT2D eigenvalue weighted by atomic mass is 16.5. The molecule has 0 radical (unpaired) electrons. The molecular weight excluding hydrogens is 296 g/mol. The van der Waals surface area contributed by atoms with Gasteiger partial charge in [0.05, 0.1) is 19.3 Å². The first-order valence-corrected chi connectivity index (χ1v) is 7.20. The Morgan fingerprint density at radius 1 is 1.22 bits per heavy atom. The van der Waals surface area contributed by atoms with Crippen molar-refractivity contribution in [1.82, 2.24) is 0 Å². The van der Waals surface area contributed by atoms with Gasteiger partial charge < -0.3 is 19.3 Å². The van der Waals surface area contributed by atoms with Gasteiger partial charge in [-0.15, -0.1) is 0 Å². The molecule has 0 bridgehead atoms.